The van der Waals surface area contributed by atoms with E-state index in [0.29, 0.717) is 34.0 Å². The molecule has 242 valence electrons. The summed E-state index contributed by atoms with van der Waals surface area (Å²) in [4.78, 5) is 25.9. The molecule has 7 heteroatoms. The largest absolute Gasteiger partial charge is 0.495 e. The number of anilines is 2. The van der Waals surface area contributed by atoms with Gasteiger partial charge in [-0.3, -0.25) is 9.59 Å². The normalized spacial score (nSPS) is 11.2. The van der Waals surface area contributed by atoms with E-state index in [1.807, 2.05) is 84.9 Å². The van der Waals surface area contributed by atoms with Crippen LogP contribution in [0.2, 0.25) is 0 Å². The predicted octanol–water partition coefficient (Wildman–Crippen LogP) is 8.25. The Labute approximate surface area is 274 Å². The third-order valence-electron chi connectivity index (χ3n) is 8.66. The van der Waals surface area contributed by atoms with Crippen LogP contribution in [0.5, 0.6) is 11.5 Å². The van der Waals surface area contributed by atoms with Gasteiger partial charge in [-0.05, 0) is 110 Å². The highest BCUT2D eigenvalue weighted by molar-refractivity contribution is 6.06. The quantitative estimate of drug-likeness (QED) is 0.103. The maximum Gasteiger partial charge on any atom is 0.255 e. The molecule has 46 heavy (non-hydrogen) atoms. The molecule has 0 aliphatic heterocycles. The summed E-state index contributed by atoms with van der Waals surface area (Å²) in [6.07, 6.45) is 5.52. The van der Waals surface area contributed by atoms with Gasteiger partial charge in [-0.1, -0.05) is 43.3 Å². The molecule has 0 bridgehead atoms. The van der Waals surface area contributed by atoms with Crippen LogP contribution in [0.1, 0.15) is 65.0 Å². The highest BCUT2D eigenvalue weighted by Gasteiger charge is 2.15. The molecule has 4 aromatic carbocycles. The standard InChI is InChI=1S/C39H47N3O4/c1-7-28-13-17-30(18-14-28)38(43)40-34-23-21-32(26-36(34)45-5)33-22-24-35(37(27-33)46-6)41-39(44)31-19-15-29(16-20-31)12-10-9-11-25-42(3,4)8-2/h13-24,26-27H,7-12,25H2,1-6H3,(H-,40,41,43,44)/p+1. The molecule has 0 aromatic heterocycles. The molecule has 0 spiro atoms. The lowest BCUT2D eigenvalue weighted by Gasteiger charge is -2.28. The zero-order valence-corrected chi connectivity index (χ0v) is 28.1. The summed E-state index contributed by atoms with van der Waals surface area (Å²) < 4.78 is 12.3. The Bertz CT molecular complexity index is 1610. The zero-order valence-electron chi connectivity index (χ0n) is 28.1. The van der Waals surface area contributed by atoms with Gasteiger partial charge in [0.15, 0.2) is 0 Å². The molecular formula is C39H48N3O4+. The van der Waals surface area contributed by atoms with Crippen molar-refractivity contribution in [2.24, 2.45) is 0 Å². The summed E-state index contributed by atoms with van der Waals surface area (Å²) in [6, 6.07) is 26.7. The monoisotopic (exact) mass is 622 g/mol. The van der Waals surface area contributed by atoms with Crippen LogP contribution < -0.4 is 20.1 Å². The summed E-state index contributed by atoms with van der Waals surface area (Å²) in [6.45, 7) is 6.67. The molecule has 0 aliphatic rings. The molecule has 0 saturated heterocycles. The van der Waals surface area contributed by atoms with Crippen LogP contribution in [0.15, 0.2) is 84.9 Å². The molecule has 0 unspecified atom stereocenters. The topological polar surface area (TPSA) is 76.7 Å². The van der Waals surface area contributed by atoms with E-state index in [9.17, 15) is 9.59 Å². The van der Waals surface area contributed by atoms with Crippen LogP contribution in [-0.4, -0.2) is 57.7 Å². The number of rotatable bonds is 15. The lowest BCUT2D eigenvalue weighted by Crippen LogP contribution is -2.39. The van der Waals surface area contributed by atoms with Crippen LogP contribution in [0.25, 0.3) is 11.1 Å². The Balaban J connectivity index is 1.38. The molecule has 2 N–H and O–H groups in total. The van der Waals surface area contributed by atoms with Gasteiger partial charge >= 0.3 is 0 Å². The van der Waals surface area contributed by atoms with Gasteiger partial charge in [-0.25, -0.2) is 0 Å². The maximum absolute atomic E-state index is 13.1. The van der Waals surface area contributed by atoms with E-state index in [0.717, 1.165) is 41.4 Å². The van der Waals surface area contributed by atoms with Crippen molar-refractivity contribution >= 4 is 23.2 Å². The smallest absolute Gasteiger partial charge is 0.255 e. The van der Waals surface area contributed by atoms with Crippen LogP contribution in [-0.2, 0) is 12.8 Å². The second kappa shape index (κ2) is 16.1. The number of nitrogens with one attached hydrogen (secondary N) is 2. The van der Waals surface area contributed by atoms with Gasteiger partial charge in [0, 0.05) is 11.1 Å². The van der Waals surface area contributed by atoms with Gasteiger partial charge < -0.3 is 24.6 Å². The van der Waals surface area contributed by atoms with Crippen LogP contribution in [0.4, 0.5) is 11.4 Å². The van der Waals surface area contributed by atoms with Gasteiger partial charge in [0.25, 0.3) is 11.8 Å². The van der Waals surface area contributed by atoms with Gasteiger partial charge in [-0.2, -0.15) is 0 Å². The minimum Gasteiger partial charge on any atom is -0.495 e. The molecule has 0 fully saturated rings. The Morgan fingerprint density at radius 2 is 1.11 bits per heavy atom. The Kier molecular flexibility index (Phi) is 12.0. The molecule has 0 atom stereocenters. The fraction of sp³-hybridized carbons (Fsp3) is 0.333. The van der Waals surface area contributed by atoms with E-state index in [4.69, 9.17) is 9.47 Å². The number of nitrogens with zero attached hydrogens (tertiary/aromatic N) is 1. The van der Waals surface area contributed by atoms with Crippen molar-refractivity contribution < 1.29 is 23.5 Å². The van der Waals surface area contributed by atoms with Gasteiger partial charge in [0.05, 0.1) is 52.8 Å². The van der Waals surface area contributed by atoms with Crippen molar-refractivity contribution in [3.8, 4) is 22.6 Å². The van der Waals surface area contributed by atoms with E-state index < -0.39 is 0 Å². The predicted molar refractivity (Wildman–Crippen MR) is 188 cm³/mol. The lowest BCUT2D eigenvalue weighted by molar-refractivity contribution is -0.888. The Hall–Kier alpha value is -4.62. The molecule has 0 aliphatic carbocycles. The number of ether oxygens (including phenoxy) is 2. The van der Waals surface area contributed by atoms with Crippen LogP contribution in [0, 0.1) is 0 Å². The number of methoxy groups -OCH3 is 2. The molecule has 0 radical (unpaired) electrons. The van der Waals surface area contributed by atoms with Crippen molar-refractivity contribution in [1.29, 1.82) is 0 Å². The first-order valence-electron chi connectivity index (χ1n) is 16.1. The van der Waals surface area contributed by atoms with Gasteiger partial charge in [0.1, 0.15) is 11.5 Å². The number of unbranched alkanes of at least 4 members (excludes halogenated alkanes) is 2. The van der Waals surface area contributed by atoms with E-state index in [-0.39, 0.29) is 11.8 Å². The first-order valence-corrected chi connectivity index (χ1v) is 16.1. The highest BCUT2D eigenvalue weighted by atomic mass is 16.5. The molecular weight excluding hydrogens is 574 g/mol. The van der Waals surface area contributed by atoms with E-state index in [1.54, 1.807) is 14.2 Å². The van der Waals surface area contributed by atoms with Crippen molar-refractivity contribution in [2.45, 2.75) is 46.0 Å². The molecule has 4 aromatic rings. The fourth-order valence-corrected chi connectivity index (χ4v) is 5.26. The Morgan fingerprint density at radius 1 is 0.630 bits per heavy atom. The lowest BCUT2D eigenvalue weighted by atomic mass is 10.0. The van der Waals surface area contributed by atoms with Gasteiger partial charge in [0.2, 0.25) is 0 Å². The molecule has 0 heterocycles. The first kappa shape index (κ1) is 34.3. The minimum atomic E-state index is -0.202. The number of hydrogen-bond donors (Lipinski definition) is 2. The van der Waals surface area contributed by atoms with Crippen molar-refractivity contribution in [1.82, 2.24) is 0 Å². The third-order valence-corrected chi connectivity index (χ3v) is 8.66. The summed E-state index contributed by atoms with van der Waals surface area (Å²) in [5.41, 5.74) is 6.52. The number of benzene rings is 4. The summed E-state index contributed by atoms with van der Waals surface area (Å²) in [7, 11) is 7.71. The van der Waals surface area contributed by atoms with Crippen molar-refractivity contribution in [2.75, 3.05) is 52.0 Å². The second-order valence-electron chi connectivity index (χ2n) is 12.3. The average molecular weight is 623 g/mol. The highest BCUT2D eigenvalue weighted by Crippen LogP contribution is 2.35. The number of quaternary nitrogens is 1. The first-order chi connectivity index (χ1) is 22.2. The summed E-state index contributed by atoms with van der Waals surface area (Å²) in [5.74, 6) is 0.685. The van der Waals surface area contributed by atoms with Crippen molar-refractivity contribution in [3.63, 3.8) is 0 Å². The SMILES string of the molecule is CCc1ccc(C(=O)Nc2ccc(-c3ccc(NC(=O)c4ccc(CCCCC[N+](C)(C)CC)cc4)c(OC)c3)cc2OC)cc1. The average Bonchev–Trinajstić information content (AvgIpc) is 3.08. The molecule has 4 rings (SSSR count). The Morgan fingerprint density at radius 3 is 1.54 bits per heavy atom. The fourth-order valence-electron chi connectivity index (χ4n) is 5.26. The van der Waals surface area contributed by atoms with E-state index in [2.05, 4.69) is 38.6 Å². The number of carbonyl (C=O) groups is 2. The number of hydrogen-bond acceptors (Lipinski definition) is 4. The van der Waals surface area contributed by atoms with E-state index >= 15 is 0 Å². The summed E-state index contributed by atoms with van der Waals surface area (Å²) >= 11 is 0. The third kappa shape index (κ3) is 9.21. The molecule has 0 saturated carbocycles. The zero-order chi connectivity index (χ0) is 33.1. The molecule has 7 nitrogen and oxygen atoms in total. The number of carbonyl (C=O) groups excluding carboxylic acids is 2. The van der Waals surface area contributed by atoms with Gasteiger partial charge in [-0.15, -0.1) is 0 Å². The number of amides is 2. The van der Waals surface area contributed by atoms with Crippen LogP contribution >= 0.6 is 0 Å². The second-order valence-corrected chi connectivity index (χ2v) is 12.3. The van der Waals surface area contributed by atoms with Crippen molar-refractivity contribution in [3.05, 3.63) is 107 Å². The maximum atomic E-state index is 13.1. The van der Waals surface area contributed by atoms with E-state index in [1.165, 1.54) is 30.5 Å². The molecule has 2 amide bonds. The number of aryl methyl sites for hydroxylation is 2. The summed E-state index contributed by atoms with van der Waals surface area (Å²) in [5, 5.41) is 5.94. The van der Waals surface area contributed by atoms with Crippen LogP contribution in [0.3, 0.4) is 0 Å². The minimum absolute atomic E-state index is 0.191.